The highest BCUT2D eigenvalue weighted by Crippen LogP contribution is 2.35. The summed E-state index contributed by atoms with van der Waals surface area (Å²) in [6.07, 6.45) is -0.0200. The summed E-state index contributed by atoms with van der Waals surface area (Å²) in [4.78, 5) is 23.6. The third-order valence-electron chi connectivity index (χ3n) is 2.83. The van der Waals surface area contributed by atoms with E-state index < -0.39 is 5.97 Å². The maximum absolute atomic E-state index is 11.8. The van der Waals surface area contributed by atoms with Gasteiger partial charge < -0.3 is 10.1 Å². The third-order valence-corrected chi connectivity index (χ3v) is 3.61. The molecule has 0 spiro atoms. The quantitative estimate of drug-likeness (QED) is 0.626. The van der Waals surface area contributed by atoms with Crippen LogP contribution in [-0.4, -0.2) is 18.4 Å². The van der Waals surface area contributed by atoms with Crippen molar-refractivity contribution in [3.8, 4) is 5.75 Å². The van der Waals surface area contributed by atoms with Crippen LogP contribution in [-0.2, 0) is 4.79 Å². The first-order chi connectivity index (χ1) is 11.0. The number of hydrogen-bond acceptors (Lipinski definition) is 3. The third kappa shape index (κ3) is 5.13. The van der Waals surface area contributed by atoms with Crippen LogP contribution in [0.25, 0.3) is 0 Å². The molecule has 0 aliphatic rings. The Morgan fingerprint density at radius 2 is 1.61 bits per heavy atom. The van der Waals surface area contributed by atoms with E-state index in [2.05, 4.69) is 5.32 Å². The van der Waals surface area contributed by atoms with E-state index in [-0.39, 0.29) is 34.7 Å². The van der Waals surface area contributed by atoms with Gasteiger partial charge in [-0.3, -0.25) is 9.59 Å². The van der Waals surface area contributed by atoms with E-state index in [1.807, 2.05) is 6.07 Å². The number of carbonyl (C=O) groups is 2. The van der Waals surface area contributed by atoms with Gasteiger partial charge in [0.2, 0.25) is 0 Å². The summed E-state index contributed by atoms with van der Waals surface area (Å²) in [5, 5.41) is 3.26. The lowest BCUT2D eigenvalue weighted by Crippen LogP contribution is -2.27. The topological polar surface area (TPSA) is 55.4 Å². The summed E-state index contributed by atoms with van der Waals surface area (Å²) >= 11 is 17.6. The van der Waals surface area contributed by atoms with E-state index in [0.29, 0.717) is 10.6 Å². The number of benzene rings is 2. The minimum atomic E-state index is -0.565. The summed E-state index contributed by atoms with van der Waals surface area (Å²) in [6.45, 7) is 0.134. The van der Waals surface area contributed by atoms with Crippen LogP contribution in [0.3, 0.4) is 0 Å². The standard InChI is InChI=1S/C16H12Cl3NO3/c17-11-8-12(18)15(13(19)9-11)23-14(21)6-7-20-16(22)10-4-2-1-3-5-10/h1-5,8-9H,6-7H2,(H,20,22). The summed E-state index contributed by atoms with van der Waals surface area (Å²) in [6, 6.07) is 11.5. The van der Waals surface area contributed by atoms with E-state index in [9.17, 15) is 9.59 Å². The van der Waals surface area contributed by atoms with Gasteiger partial charge in [-0.1, -0.05) is 53.0 Å². The second kappa shape index (κ2) is 8.20. The Morgan fingerprint density at radius 1 is 1.00 bits per heavy atom. The normalized spacial score (nSPS) is 10.2. The van der Waals surface area contributed by atoms with Crippen LogP contribution in [0.15, 0.2) is 42.5 Å². The number of rotatable bonds is 5. The SMILES string of the molecule is O=C(CCNC(=O)c1ccccc1)Oc1c(Cl)cc(Cl)cc1Cl. The first-order valence-corrected chi connectivity index (χ1v) is 7.79. The van der Waals surface area contributed by atoms with Crippen molar-refractivity contribution in [1.29, 1.82) is 0 Å². The molecule has 4 nitrogen and oxygen atoms in total. The summed E-state index contributed by atoms with van der Waals surface area (Å²) in [5.41, 5.74) is 0.518. The highest BCUT2D eigenvalue weighted by Gasteiger charge is 2.14. The highest BCUT2D eigenvalue weighted by molar-refractivity contribution is 6.40. The molecule has 0 aliphatic carbocycles. The second-order valence-electron chi connectivity index (χ2n) is 4.54. The molecule has 0 unspecified atom stereocenters. The molecule has 0 aliphatic heterocycles. The molecule has 0 saturated heterocycles. The molecule has 2 aromatic rings. The lowest BCUT2D eigenvalue weighted by molar-refractivity contribution is -0.134. The summed E-state index contributed by atoms with van der Waals surface area (Å²) in [7, 11) is 0. The molecule has 0 bridgehead atoms. The van der Waals surface area contributed by atoms with Crippen LogP contribution >= 0.6 is 34.8 Å². The zero-order valence-electron chi connectivity index (χ0n) is 11.8. The average Bonchev–Trinajstić information content (AvgIpc) is 2.51. The first kappa shape index (κ1) is 17.6. The molecule has 1 amide bonds. The van der Waals surface area contributed by atoms with Gasteiger partial charge in [-0.05, 0) is 24.3 Å². The van der Waals surface area contributed by atoms with Crippen molar-refractivity contribution in [2.75, 3.05) is 6.54 Å². The summed E-state index contributed by atoms with van der Waals surface area (Å²) in [5.74, 6) is -0.775. The largest absolute Gasteiger partial charge is 0.423 e. The Labute approximate surface area is 148 Å². The zero-order valence-corrected chi connectivity index (χ0v) is 14.1. The number of amides is 1. The molecule has 7 heteroatoms. The van der Waals surface area contributed by atoms with E-state index >= 15 is 0 Å². The Hall–Kier alpha value is -1.75. The fourth-order valence-electron chi connectivity index (χ4n) is 1.76. The molecule has 0 saturated carbocycles. The minimum Gasteiger partial charge on any atom is -0.423 e. The van der Waals surface area contributed by atoms with Gasteiger partial charge in [0, 0.05) is 17.1 Å². The average molecular weight is 373 g/mol. The van der Waals surface area contributed by atoms with Crippen molar-refractivity contribution < 1.29 is 14.3 Å². The summed E-state index contributed by atoms with van der Waals surface area (Å²) < 4.78 is 5.11. The van der Waals surface area contributed by atoms with Gasteiger partial charge in [-0.15, -0.1) is 0 Å². The van der Waals surface area contributed by atoms with Crippen molar-refractivity contribution in [1.82, 2.24) is 5.32 Å². The lowest BCUT2D eigenvalue weighted by atomic mass is 10.2. The van der Waals surface area contributed by atoms with Crippen LogP contribution in [0.2, 0.25) is 15.1 Å². The van der Waals surface area contributed by atoms with E-state index in [4.69, 9.17) is 39.5 Å². The molecule has 0 heterocycles. The smallest absolute Gasteiger partial charge is 0.313 e. The van der Waals surface area contributed by atoms with Gasteiger partial charge in [0.25, 0.3) is 5.91 Å². The predicted molar refractivity (Wildman–Crippen MR) is 90.5 cm³/mol. The van der Waals surface area contributed by atoms with Crippen LogP contribution in [0.1, 0.15) is 16.8 Å². The molecule has 2 aromatic carbocycles. The fourth-order valence-corrected chi connectivity index (χ4v) is 2.66. The predicted octanol–water partition coefficient (Wildman–Crippen LogP) is 4.37. The number of carbonyl (C=O) groups excluding carboxylic acids is 2. The minimum absolute atomic E-state index is 0.0200. The van der Waals surface area contributed by atoms with E-state index in [0.717, 1.165) is 0 Å². The van der Waals surface area contributed by atoms with Crippen molar-refractivity contribution in [3.05, 3.63) is 63.1 Å². The van der Waals surface area contributed by atoms with E-state index in [1.54, 1.807) is 24.3 Å². The molecule has 0 atom stereocenters. The van der Waals surface area contributed by atoms with Gasteiger partial charge in [0.15, 0.2) is 5.75 Å². The fraction of sp³-hybridized carbons (Fsp3) is 0.125. The van der Waals surface area contributed by atoms with Crippen molar-refractivity contribution in [2.24, 2.45) is 0 Å². The van der Waals surface area contributed by atoms with Gasteiger partial charge in [-0.2, -0.15) is 0 Å². The molecule has 23 heavy (non-hydrogen) atoms. The van der Waals surface area contributed by atoms with Crippen LogP contribution in [0, 0.1) is 0 Å². The maximum Gasteiger partial charge on any atom is 0.313 e. The Morgan fingerprint density at radius 3 is 2.22 bits per heavy atom. The van der Waals surface area contributed by atoms with Crippen LogP contribution < -0.4 is 10.1 Å². The monoisotopic (exact) mass is 371 g/mol. The number of hydrogen-bond donors (Lipinski definition) is 1. The van der Waals surface area contributed by atoms with Crippen molar-refractivity contribution in [2.45, 2.75) is 6.42 Å². The number of halogens is 3. The molecule has 1 N–H and O–H groups in total. The van der Waals surface area contributed by atoms with Crippen LogP contribution in [0.5, 0.6) is 5.75 Å². The Bertz CT molecular complexity index is 697. The Balaban J connectivity index is 1.85. The maximum atomic E-state index is 11.8. The number of esters is 1. The number of ether oxygens (including phenoxy) is 1. The molecule has 120 valence electrons. The molecule has 0 aromatic heterocycles. The molecule has 0 fully saturated rings. The van der Waals surface area contributed by atoms with Crippen molar-refractivity contribution >= 4 is 46.7 Å². The molecule has 2 rings (SSSR count). The molecular formula is C16H12Cl3NO3. The van der Waals surface area contributed by atoms with Crippen LogP contribution in [0.4, 0.5) is 0 Å². The highest BCUT2D eigenvalue weighted by atomic mass is 35.5. The molecule has 0 radical (unpaired) electrons. The van der Waals surface area contributed by atoms with Gasteiger partial charge in [0.05, 0.1) is 16.5 Å². The van der Waals surface area contributed by atoms with Gasteiger partial charge in [-0.25, -0.2) is 0 Å². The molecular weight excluding hydrogens is 361 g/mol. The zero-order chi connectivity index (χ0) is 16.8. The number of nitrogens with one attached hydrogen (secondary N) is 1. The van der Waals surface area contributed by atoms with Crippen molar-refractivity contribution in [3.63, 3.8) is 0 Å². The second-order valence-corrected chi connectivity index (χ2v) is 5.80. The van der Waals surface area contributed by atoms with Gasteiger partial charge >= 0.3 is 5.97 Å². The van der Waals surface area contributed by atoms with E-state index in [1.165, 1.54) is 12.1 Å². The van der Waals surface area contributed by atoms with Gasteiger partial charge in [0.1, 0.15) is 0 Å². The first-order valence-electron chi connectivity index (χ1n) is 6.66. The lowest BCUT2D eigenvalue weighted by Gasteiger charge is -2.09. The Kier molecular flexibility index (Phi) is 6.28.